The van der Waals surface area contributed by atoms with Gasteiger partial charge in [-0.1, -0.05) is 37.3 Å². The molecule has 3 N–H and O–H groups in total. The van der Waals surface area contributed by atoms with E-state index >= 15 is 0 Å². The van der Waals surface area contributed by atoms with Crippen LogP contribution in [0.4, 0.5) is 10.1 Å². The number of halogens is 2. The van der Waals surface area contributed by atoms with Gasteiger partial charge in [-0.3, -0.25) is 4.79 Å². The van der Waals surface area contributed by atoms with E-state index in [9.17, 15) is 9.18 Å². The zero-order valence-electron chi connectivity index (χ0n) is 11.5. The summed E-state index contributed by atoms with van der Waals surface area (Å²) in [5.41, 5.74) is 7.55. The second kappa shape index (κ2) is 6.83. The molecule has 2 aromatic carbocycles. The van der Waals surface area contributed by atoms with Crippen molar-refractivity contribution >= 4 is 27.5 Å². The van der Waals surface area contributed by atoms with Crippen LogP contribution in [0.3, 0.4) is 0 Å². The van der Waals surface area contributed by atoms with Crippen molar-refractivity contribution < 1.29 is 9.18 Å². The molecule has 0 bridgehead atoms. The van der Waals surface area contributed by atoms with E-state index in [2.05, 4.69) is 21.2 Å². The van der Waals surface area contributed by atoms with Crippen LogP contribution in [0.1, 0.15) is 18.5 Å². The molecule has 0 spiro atoms. The summed E-state index contributed by atoms with van der Waals surface area (Å²) >= 11 is 3.09. The highest BCUT2D eigenvalue weighted by atomic mass is 79.9. The molecule has 0 saturated carbocycles. The molecule has 0 aliphatic carbocycles. The van der Waals surface area contributed by atoms with Crippen LogP contribution >= 0.6 is 15.9 Å². The molecule has 0 aliphatic rings. The molecule has 3 nitrogen and oxygen atoms in total. The molecule has 0 aliphatic heterocycles. The predicted octanol–water partition coefficient (Wildman–Crippen LogP) is 3.86. The molecule has 2 rings (SSSR count). The van der Waals surface area contributed by atoms with Gasteiger partial charge in [-0.05, 0) is 39.7 Å². The summed E-state index contributed by atoms with van der Waals surface area (Å²) in [4.78, 5) is 12.2. The zero-order chi connectivity index (χ0) is 15.4. The Hall–Kier alpha value is -1.72. The van der Waals surface area contributed by atoms with E-state index in [1.807, 2.05) is 30.3 Å². The van der Waals surface area contributed by atoms with Gasteiger partial charge in [0.05, 0.1) is 10.4 Å². The second-order valence-corrected chi connectivity index (χ2v) is 5.70. The predicted molar refractivity (Wildman–Crippen MR) is 85.3 cm³/mol. The first-order chi connectivity index (χ1) is 9.99. The fourth-order valence-electron chi connectivity index (χ4n) is 1.96. The van der Waals surface area contributed by atoms with E-state index in [0.29, 0.717) is 10.2 Å². The minimum atomic E-state index is -0.406. The summed E-state index contributed by atoms with van der Waals surface area (Å²) in [7, 11) is 0. The van der Waals surface area contributed by atoms with Gasteiger partial charge in [0.25, 0.3) is 0 Å². The summed E-state index contributed by atoms with van der Waals surface area (Å²) in [6.07, 6.45) is 0. The number of hydrogen-bond donors (Lipinski definition) is 2. The van der Waals surface area contributed by atoms with Crippen molar-refractivity contribution in [2.24, 2.45) is 11.7 Å². The Morgan fingerprint density at radius 1 is 1.24 bits per heavy atom. The largest absolute Gasteiger partial charge is 0.326 e. The van der Waals surface area contributed by atoms with Gasteiger partial charge in [0, 0.05) is 11.7 Å². The molecule has 0 saturated heterocycles. The van der Waals surface area contributed by atoms with E-state index in [-0.39, 0.29) is 11.7 Å². The van der Waals surface area contributed by atoms with Crippen molar-refractivity contribution in [2.75, 3.05) is 5.32 Å². The van der Waals surface area contributed by atoms with Gasteiger partial charge in [-0.2, -0.15) is 0 Å². The van der Waals surface area contributed by atoms with Gasteiger partial charge in [-0.25, -0.2) is 4.39 Å². The molecule has 0 aromatic heterocycles. The Morgan fingerprint density at radius 2 is 1.90 bits per heavy atom. The van der Waals surface area contributed by atoms with E-state index in [1.165, 1.54) is 18.2 Å². The van der Waals surface area contributed by atoms with Gasteiger partial charge >= 0.3 is 0 Å². The van der Waals surface area contributed by atoms with Crippen molar-refractivity contribution in [3.8, 4) is 0 Å². The Labute approximate surface area is 131 Å². The number of anilines is 1. The Balaban J connectivity index is 2.07. The van der Waals surface area contributed by atoms with Crippen LogP contribution in [0.2, 0.25) is 0 Å². The third-order valence-electron chi connectivity index (χ3n) is 3.32. The highest BCUT2D eigenvalue weighted by Crippen LogP contribution is 2.23. The van der Waals surface area contributed by atoms with Crippen LogP contribution in [0.25, 0.3) is 0 Å². The van der Waals surface area contributed by atoms with Crippen LogP contribution in [-0.2, 0) is 4.79 Å². The molecule has 110 valence electrons. The number of carbonyl (C=O) groups is 1. The monoisotopic (exact) mass is 350 g/mol. The van der Waals surface area contributed by atoms with Crippen molar-refractivity contribution in [2.45, 2.75) is 13.0 Å². The number of hydrogen-bond acceptors (Lipinski definition) is 2. The summed E-state index contributed by atoms with van der Waals surface area (Å²) < 4.78 is 13.5. The van der Waals surface area contributed by atoms with Crippen molar-refractivity contribution in [1.29, 1.82) is 0 Å². The first-order valence-electron chi connectivity index (χ1n) is 6.55. The molecule has 5 heteroatoms. The van der Waals surface area contributed by atoms with E-state index in [1.54, 1.807) is 6.92 Å². The zero-order valence-corrected chi connectivity index (χ0v) is 13.1. The Bertz CT molecular complexity index is 633. The summed E-state index contributed by atoms with van der Waals surface area (Å²) in [6, 6.07) is 13.4. The van der Waals surface area contributed by atoms with Crippen LogP contribution < -0.4 is 11.1 Å². The number of nitrogens with two attached hydrogens (primary N) is 1. The molecule has 0 radical (unpaired) electrons. The lowest BCUT2D eigenvalue weighted by Crippen LogP contribution is -2.30. The van der Waals surface area contributed by atoms with Crippen molar-refractivity contribution in [3.05, 3.63) is 64.4 Å². The molecular formula is C16H16BrFN2O. The number of rotatable bonds is 4. The maximum atomic E-state index is 13.2. The lowest BCUT2D eigenvalue weighted by atomic mass is 9.94. The Morgan fingerprint density at radius 3 is 2.52 bits per heavy atom. The SMILES string of the molecule is CC(C(=O)Nc1ccc(F)c(Br)c1)C(N)c1ccccc1. The molecule has 0 heterocycles. The summed E-state index contributed by atoms with van der Waals surface area (Å²) in [5, 5.41) is 2.74. The maximum Gasteiger partial charge on any atom is 0.229 e. The smallest absolute Gasteiger partial charge is 0.229 e. The minimum Gasteiger partial charge on any atom is -0.326 e. The minimum absolute atomic E-state index is 0.204. The lowest BCUT2D eigenvalue weighted by Gasteiger charge is -2.20. The molecule has 0 fully saturated rings. The maximum absolute atomic E-state index is 13.2. The number of carbonyl (C=O) groups excluding carboxylic acids is 1. The average molecular weight is 351 g/mol. The highest BCUT2D eigenvalue weighted by molar-refractivity contribution is 9.10. The van der Waals surface area contributed by atoms with Crippen molar-refractivity contribution in [3.63, 3.8) is 0 Å². The fourth-order valence-corrected chi connectivity index (χ4v) is 2.34. The third kappa shape index (κ3) is 3.89. The third-order valence-corrected chi connectivity index (χ3v) is 3.93. The van der Waals surface area contributed by atoms with Crippen LogP contribution in [-0.4, -0.2) is 5.91 Å². The Kier molecular flexibility index (Phi) is 5.09. The van der Waals surface area contributed by atoms with Gasteiger partial charge in [0.2, 0.25) is 5.91 Å². The summed E-state index contributed by atoms with van der Waals surface area (Å²) in [6.45, 7) is 1.77. The van der Waals surface area contributed by atoms with Crippen molar-refractivity contribution in [1.82, 2.24) is 0 Å². The van der Waals surface area contributed by atoms with Gasteiger partial charge < -0.3 is 11.1 Å². The first kappa shape index (κ1) is 15.7. The first-order valence-corrected chi connectivity index (χ1v) is 7.35. The quantitative estimate of drug-likeness (QED) is 0.879. The lowest BCUT2D eigenvalue weighted by molar-refractivity contribution is -0.120. The number of benzene rings is 2. The number of amides is 1. The van der Waals surface area contributed by atoms with E-state index in [0.717, 1.165) is 5.56 Å². The van der Waals surface area contributed by atoms with Gasteiger partial charge in [0.15, 0.2) is 0 Å². The highest BCUT2D eigenvalue weighted by Gasteiger charge is 2.22. The molecule has 2 atom stereocenters. The molecular weight excluding hydrogens is 335 g/mol. The van der Waals surface area contributed by atoms with Crippen LogP contribution in [0, 0.1) is 11.7 Å². The molecule has 21 heavy (non-hydrogen) atoms. The molecule has 2 unspecified atom stereocenters. The van der Waals surface area contributed by atoms with E-state index < -0.39 is 12.0 Å². The molecule has 1 amide bonds. The normalized spacial score (nSPS) is 13.5. The van der Waals surface area contributed by atoms with Gasteiger partial charge in [-0.15, -0.1) is 0 Å². The van der Waals surface area contributed by atoms with Crippen LogP contribution in [0.15, 0.2) is 53.0 Å². The van der Waals surface area contributed by atoms with Crippen LogP contribution in [0.5, 0.6) is 0 Å². The second-order valence-electron chi connectivity index (χ2n) is 4.84. The standard InChI is InChI=1S/C16H16BrFN2O/c1-10(15(19)11-5-3-2-4-6-11)16(21)20-12-7-8-14(18)13(17)9-12/h2-10,15H,19H2,1H3,(H,20,21). The number of nitrogens with one attached hydrogen (secondary N) is 1. The summed E-state index contributed by atoms with van der Waals surface area (Å²) in [5.74, 6) is -0.983. The van der Waals surface area contributed by atoms with E-state index in [4.69, 9.17) is 5.73 Å². The molecule has 2 aromatic rings. The fraction of sp³-hybridized carbons (Fsp3) is 0.188. The van der Waals surface area contributed by atoms with Gasteiger partial charge in [0.1, 0.15) is 5.82 Å². The topological polar surface area (TPSA) is 55.1 Å². The average Bonchev–Trinajstić information content (AvgIpc) is 2.50.